The third kappa shape index (κ3) is 3.73. The fraction of sp³-hybridized carbons (Fsp3) is 0.190. The van der Waals surface area contributed by atoms with Crippen molar-refractivity contribution in [3.05, 3.63) is 69.2 Å². The number of anilines is 1. The maximum absolute atomic E-state index is 13.0. The first-order chi connectivity index (χ1) is 13.8. The van der Waals surface area contributed by atoms with Gasteiger partial charge < -0.3 is 10.0 Å². The van der Waals surface area contributed by atoms with E-state index in [9.17, 15) is 14.4 Å². The van der Waals surface area contributed by atoms with Gasteiger partial charge in [0.1, 0.15) is 6.54 Å². The number of carboxylic acid groups (broad SMARTS) is 1. The van der Waals surface area contributed by atoms with E-state index >= 15 is 0 Å². The van der Waals surface area contributed by atoms with Crippen LogP contribution in [0, 0.1) is 0 Å². The lowest BCUT2D eigenvalue weighted by molar-refractivity contribution is -0.131. The smallest absolute Gasteiger partial charge is 0.332 e. The zero-order valence-electron chi connectivity index (χ0n) is 15.1. The number of aryl methyl sites for hydroxylation is 1. The summed E-state index contributed by atoms with van der Waals surface area (Å²) in [5.74, 6) is -1.34. The van der Waals surface area contributed by atoms with Gasteiger partial charge in [-0.05, 0) is 53.8 Å². The third-order valence-corrected chi connectivity index (χ3v) is 5.54. The summed E-state index contributed by atoms with van der Waals surface area (Å²) in [5, 5.41) is 9.47. The Morgan fingerprint density at radius 2 is 1.83 bits per heavy atom. The van der Waals surface area contributed by atoms with Gasteiger partial charge in [-0.25, -0.2) is 14.5 Å². The summed E-state index contributed by atoms with van der Waals surface area (Å²) < 4.78 is 0. The minimum Gasteiger partial charge on any atom is -0.478 e. The molecule has 0 radical (unpaired) electrons. The second-order valence-electron chi connectivity index (χ2n) is 6.95. The molecule has 2 aromatic carbocycles. The Bertz CT molecular complexity index is 1050. The van der Waals surface area contributed by atoms with Crippen LogP contribution in [-0.2, 0) is 16.0 Å². The molecule has 2 aliphatic rings. The van der Waals surface area contributed by atoms with Gasteiger partial charge in [0.2, 0.25) is 0 Å². The van der Waals surface area contributed by atoms with Crippen LogP contribution in [0.4, 0.5) is 10.5 Å². The second-order valence-corrected chi connectivity index (χ2v) is 7.82. The Kier molecular flexibility index (Phi) is 5.06. The van der Waals surface area contributed by atoms with Crippen molar-refractivity contribution in [2.24, 2.45) is 0 Å². The van der Waals surface area contributed by atoms with Crippen LogP contribution in [0.25, 0.3) is 6.08 Å². The van der Waals surface area contributed by atoms with Crippen LogP contribution >= 0.6 is 23.2 Å². The molecule has 8 heteroatoms. The number of rotatable bonds is 4. The van der Waals surface area contributed by atoms with Crippen LogP contribution in [0.2, 0.25) is 10.0 Å². The van der Waals surface area contributed by atoms with Gasteiger partial charge in [-0.3, -0.25) is 4.79 Å². The Labute approximate surface area is 176 Å². The average Bonchev–Trinajstić information content (AvgIpc) is 3.19. The molecule has 6 nitrogen and oxygen atoms in total. The van der Waals surface area contributed by atoms with E-state index in [4.69, 9.17) is 28.3 Å². The fourth-order valence-electron chi connectivity index (χ4n) is 3.90. The predicted octanol–water partition coefficient (Wildman–Crippen LogP) is 4.55. The van der Waals surface area contributed by atoms with Crippen LogP contribution in [-0.4, -0.2) is 34.5 Å². The van der Waals surface area contributed by atoms with Crippen molar-refractivity contribution < 1.29 is 19.5 Å². The molecule has 0 bridgehead atoms. The number of carbonyl (C=O) groups excluding carboxylic acids is 2. The van der Waals surface area contributed by atoms with E-state index in [0.29, 0.717) is 22.2 Å². The third-order valence-electron chi connectivity index (χ3n) is 5.11. The highest BCUT2D eigenvalue weighted by Crippen LogP contribution is 2.39. The summed E-state index contributed by atoms with van der Waals surface area (Å²) in [6, 6.07) is 9.63. The van der Waals surface area contributed by atoms with E-state index in [1.165, 1.54) is 18.2 Å². The molecular formula is C21H16Cl2N2O4. The molecule has 1 heterocycles. The van der Waals surface area contributed by atoms with Crippen LogP contribution in [0.1, 0.15) is 29.2 Å². The van der Waals surface area contributed by atoms with Gasteiger partial charge in [0.05, 0.1) is 11.7 Å². The number of halogens is 2. The highest BCUT2D eigenvalue weighted by atomic mass is 35.5. The summed E-state index contributed by atoms with van der Waals surface area (Å²) in [6.07, 6.45) is 4.07. The summed E-state index contributed by atoms with van der Waals surface area (Å²) in [7, 11) is 0. The monoisotopic (exact) mass is 430 g/mol. The number of hydrogen-bond acceptors (Lipinski definition) is 3. The van der Waals surface area contributed by atoms with Crippen molar-refractivity contribution in [1.29, 1.82) is 0 Å². The Morgan fingerprint density at radius 1 is 1.10 bits per heavy atom. The van der Waals surface area contributed by atoms with E-state index in [-0.39, 0.29) is 18.5 Å². The first-order valence-electron chi connectivity index (χ1n) is 8.97. The molecule has 0 saturated carbocycles. The van der Waals surface area contributed by atoms with Crippen LogP contribution < -0.4 is 4.90 Å². The fourth-order valence-corrected chi connectivity index (χ4v) is 4.41. The zero-order chi connectivity index (χ0) is 20.7. The largest absolute Gasteiger partial charge is 0.478 e. The number of carbonyl (C=O) groups is 3. The first kappa shape index (κ1) is 19.5. The van der Waals surface area contributed by atoms with Gasteiger partial charge in [0.15, 0.2) is 0 Å². The maximum Gasteiger partial charge on any atom is 0.332 e. The van der Waals surface area contributed by atoms with E-state index < -0.39 is 12.0 Å². The highest BCUT2D eigenvalue weighted by molar-refractivity contribution is 6.35. The topological polar surface area (TPSA) is 77.9 Å². The summed E-state index contributed by atoms with van der Waals surface area (Å²) in [5.41, 5.74) is 3.16. The standard InChI is InChI=1S/C21H16Cl2N2O4/c22-14-8-15(23)10-16(9-14)25-19(26)11-24(21(25)29)18-5-3-13-7-12(1-4-17(13)18)2-6-20(27)28/h1-2,4,6-10,18H,3,5,11H2,(H,27,28)/b6-2+. The van der Waals surface area contributed by atoms with Crippen molar-refractivity contribution in [2.45, 2.75) is 18.9 Å². The van der Waals surface area contributed by atoms with Crippen LogP contribution in [0.3, 0.4) is 0 Å². The molecule has 1 saturated heterocycles. The van der Waals surface area contributed by atoms with Crippen LogP contribution in [0.15, 0.2) is 42.5 Å². The van der Waals surface area contributed by atoms with Gasteiger partial charge in [-0.15, -0.1) is 0 Å². The van der Waals surface area contributed by atoms with Crippen molar-refractivity contribution in [2.75, 3.05) is 11.4 Å². The first-order valence-corrected chi connectivity index (χ1v) is 9.72. The lowest BCUT2D eigenvalue weighted by atomic mass is 10.0. The molecule has 1 aliphatic heterocycles. The predicted molar refractivity (Wildman–Crippen MR) is 110 cm³/mol. The number of imide groups is 1. The van der Waals surface area contributed by atoms with Gasteiger partial charge in [0.25, 0.3) is 5.91 Å². The molecule has 0 spiro atoms. The van der Waals surface area contributed by atoms with Gasteiger partial charge in [-0.1, -0.05) is 41.4 Å². The molecule has 1 N–H and O–H groups in total. The minimum atomic E-state index is -1.01. The summed E-state index contributed by atoms with van der Waals surface area (Å²) >= 11 is 12.0. The summed E-state index contributed by atoms with van der Waals surface area (Å²) in [4.78, 5) is 39.0. The Hall–Kier alpha value is -2.83. The van der Waals surface area contributed by atoms with Crippen molar-refractivity contribution in [3.8, 4) is 0 Å². The number of urea groups is 1. The zero-order valence-corrected chi connectivity index (χ0v) is 16.7. The number of nitrogens with zero attached hydrogens (tertiary/aromatic N) is 2. The molecule has 0 aromatic heterocycles. The molecule has 29 heavy (non-hydrogen) atoms. The lowest BCUT2D eigenvalue weighted by Gasteiger charge is -2.24. The highest BCUT2D eigenvalue weighted by Gasteiger charge is 2.43. The average molecular weight is 431 g/mol. The summed E-state index contributed by atoms with van der Waals surface area (Å²) in [6.45, 7) is -0.0201. The molecule has 3 amide bonds. The number of benzene rings is 2. The molecule has 1 fully saturated rings. The van der Waals surface area contributed by atoms with Crippen LogP contribution in [0.5, 0.6) is 0 Å². The van der Waals surface area contributed by atoms with Crippen molar-refractivity contribution in [3.63, 3.8) is 0 Å². The Balaban J connectivity index is 1.60. The number of amides is 3. The van der Waals surface area contributed by atoms with Gasteiger partial charge >= 0.3 is 12.0 Å². The molecular weight excluding hydrogens is 415 g/mol. The van der Waals surface area contributed by atoms with E-state index in [2.05, 4.69) is 0 Å². The van der Waals surface area contributed by atoms with Crippen molar-refractivity contribution >= 4 is 52.9 Å². The number of fused-ring (bicyclic) bond motifs is 1. The normalized spacial score (nSPS) is 18.8. The number of carboxylic acids is 1. The maximum atomic E-state index is 13.0. The number of hydrogen-bond donors (Lipinski definition) is 1. The molecule has 148 valence electrons. The molecule has 1 aliphatic carbocycles. The van der Waals surface area contributed by atoms with Gasteiger partial charge in [0, 0.05) is 16.1 Å². The van der Waals surface area contributed by atoms with Crippen molar-refractivity contribution in [1.82, 2.24) is 4.90 Å². The molecule has 1 atom stereocenters. The molecule has 1 unspecified atom stereocenters. The second kappa shape index (κ2) is 7.54. The Morgan fingerprint density at radius 3 is 2.52 bits per heavy atom. The lowest BCUT2D eigenvalue weighted by Crippen LogP contribution is -2.34. The van der Waals surface area contributed by atoms with E-state index in [0.717, 1.165) is 34.1 Å². The van der Waals surface area contributed by atoms with Gasteiger partial charge in [-0.2, -0.15) is 0 Å². The number of aliphatic carboxylic acids is 1. The molecule has 4 rings (SSSR count). The molecule has 2 aromatic rings. The SMILES string of the molecule is O=C(O)/C=C/c1ccc2c(c1)CCC2N1CC(=O)N(c2cc(Cl)cc(Cl)c2)C1=O. The minimum absolute atomic E-state index is 0.0201. The van der Waals surface area contributed by atoms with E-state index in [1.54, 1.807) is 11.0 Å². The quantitative estimate of drug-likeness (QED) is 0.569. The van der Waals surface area contributed by atoms with E-state index in [1.807, 2.05) is 18.2 Å².